The number of halogens is 3. The summed E-state index contributed by atoms with van der Waals surface area (Å²) in [6.45, 7) is -0.161. The standard InChI is InChI=1S/C11H12F3N3O/c1-17(5-9(18)15-6-2-3-6)11-8(13)4-7(12)10(14)16-11/h4,6H,2-3,5H2,1H3,(H,15,18). The summed E-state index contributed by atoms with van der Waals surface area (Å²) in [5.41, 5.74) is 0. The molecule has 0 saturated heterocycles. The summed E-state index contributed by atoms with van der Waals surface area (Å²) >= 11 is 0. The summed E-state index contributed by atoms with van der Waals surface area (Å²) in [6.07, 6.45) is 1.88. The fraction of sp³-hybridized carbons (Fsp3) is 0.455. The molecule has 18 heavy (non-hydrogen) atoms. The second kappa shape index (κ2) is 4.83. The number of carbonyl (C=O) groups is 1. The van der Waals surface area contributed by atoms with Gasteiger partial charge in [0.2, 0.25) is 5.91 Å². The van der Waals surface area contributed by atoms with Crippen LogP contribution in [0.15, 0.2) is 6.07 Å². The van der Waals surface area contributed by atoms with Gasteiger partial charge in [-0.15, -0.1) is 0 Å². The van der Waals surface area contributed by atoms with Crippen molar-refractivity contribution >= 4 is 11.7 Å². The van der Waals surface area contributed by atoms with Crippen molar-refractivity contribution in [1.29, 1.82) is 0 Å². The molecular formula is C11H12F3N3O. The molecule has 98 valence electrons. The SMILES string of the molecule is CN(CC(=O)NC1CC1)c1nc(F)c(F)cc1F. The molecule has 0 aliphatic heterocycles. The highest BCUT2D eigenvalue weighted by Crippen LogP contribution is 2.19. The number of anilines is 1. The predicted molar refractivity (Wildman–Crippen MR) is 58.5 cm³/mol. The maximum atomic E-state index is 13.4. The van der Waals surface area contributed by atoms with E-state index < -0.39 is 17.6 Å². The maximum absolute atomic E-state index is 13.4. The molecular weight excluding hydrogens is 247 g/mol. The van der Waals surface area contributed by atoms with Crippen molar-refractivity contribution in [3.63, 3.8) is 0 Å². The molecule has 0 unspecified atom stereocenters. The molecule has 1 N–H and O–H groups in total. The summed E-state index contributed by atoms with van der Waals surface area (Å²) in [4.78, 5) is 15.8. The van der Waals surface area contributed by atoms with Crippen molar-refractivity contribution in [2.45, 2.75) is 18.9 Å². The molecule has 4 nitrogen and oxygen atoms in total. The Balaban J connectivity index is 2.05. The number of likely N-dealkylation sites (N-methyl/N-ethyl adjacent to an activating group) is 1. The van der Waals surface area contributed by atoms with Crippen molar-refractivity contribution in [2.75, 3.05) is 18.5 Å². The van der Waals surface area contributed by atoms with Crippen LogP contribution in [0.25, 0.3) is 0 Å². The Morgan fingerprint density at radius 2 is 2.11 bits per heavy atom. The number of aromatic nitrogens is 1. The molecule has 1 amide bonds. The molecule has 0 spiro atoms. The summed E-state index contributed by atoms with van der Waals surface area (Å²) in [5.74, 6) is -4.44. The predicted octanol–water partition coefficient (Wildman–Crippen LogP) is 1.21. The summed E-state index contributed by atoms with van der Waals surface area (Å²) in [5, 5.41) is 2.70. The molecule has 1 fully saturated rings. The minimum atomic E-state index is -1.39. The molecule has 1 aliphatic rings. The van der Waals surface area contributed by atoms with Gasteiger partial charge in [0.1, 0.15) is 0 Å². The van der Waals surface area contributed by atoms with Gasteiger partial charge in [-0.2, -0.15) is 9.37 Å². The van der Waals surface area contributed by atoms with Gasteiger partial charge in [-0.1, -0.05) is 0 Å². The van der Waals surface area contributed by atoms with Crippen LogP contribution in [0, 0.1) is 17.6 Å². The normalized spacial score (nSPS) is 14.4. The molecule has 0 atom stereocenters. The van der Waals surface area contributed by atoms with Gasteiger partial charge in [0.15, 0.2) is 17.5 Å². The van der Waals surface area contributed by atoms with Gasteiger partial charge in [0.25, 0.3) is 5.95 Å². The lowest BCUT2D eigenvalue weighted by molar-refractivity contribution is -0.119. The van der Waals surface area contributed by atoms with E-state index in [2.05, 4.69) is 10.3 Å². The van der Waals surface area contributed by atoms with E-state index in [1.807, 2.05) is 0 Å². The van der Waals surface area contributed by atoms with E-state index in [1.54, 1.807) is 0 Å². The van der Waals surface area contributed by atoms with Crippen molar-refractivity contribution in [1.82, 2.24) is 10.3 Å². The fourth-order valence-electron chi connectivity index (χ4n) is 1.49. The molecule has 7 heteroatoms. The van der Waals surface area contributed by atoms with Crippen molar-refractivity contribution < 1.29 is 18.0 Å². The molecule has 1 saturated carbocycles. The summed E-state index contributed by atoms with van der Waals surface area (Å²) in [7, 11) is 1.38. The fourth-order valence-corrected chi connectivity index (χ4v) is 1.49. The van der Waals surface area contributed by atoms with E-state index >= 15 is 0 Å². The molecule has 1 heterocycles. The van der Waals surface area contributed by atoms with Gasteiger partial charge in [0.05, 0.1) is 6.54 Å². The Labute approximate surface area is 102 Å². The van der Waals surface area contributed by atoms with Gasteiger partial charge in [-0.25, -0.2) is 8.78 Å². The van der Waals surface area contributed by atoms with Crippen LogP contribution >= 0.6 is 0 Å². The van der Waals surface area contributed by atoms with Crippen molar-refractivity contribution in [3.8, 4) is 0 Å². The topological polar surface area (TPSA) is 45.2 Å². The van der Waals surface area contributed by atoms with Crippen LogP contribution in [0.4, 0.5) is 19.0 Å². The lowest BCUT2D eigenvalue weighted by Crippen LogP contribution is -2.37. The molecule has 0 radical (unpaired) electrons. The van der Waals surface area contributed by atoms with Crippen LogP contribution in [0.5, 0.6) is 0 Å². The lowest BCUT2D eigenvalue weighted by atomic mass is 10.4. The zero-order chi connectivity index (χ0) is 13.3. The number of amides is 1. The number of hydrogen-bond acceptors (Lipinski definition) is 3. The summed E-state index contributed by atoms with van der Waals surface area (Å²) in [6, 6.07) is 0.598. The minimum Gasteiger partial charge on any atom is -0.352 e. The van der Waals surface area contributed by atoms with Gasteiger partial charge >= 0.3 is 0 Å². The number of rotatable bonds is 4. The number of nitrogens with one attached hydrogen (secondary N) is 1. The van der Waals surface area contributed by atoms with Gasteiger partial charge < -0.3 is 10.2 Å². The van der Waals surface area contributed by atoms with E-state index in [9.17, 15) is 18.0 Å². The van der Waals surface area contributed by atoms with E-state index in [0.29, 0.717) is 6.07 Å². The first-order chi connectivity index (χ1) is 8.47. The smallest absolute Gasteiger partial charge is 0.251 e. The zero-order valence-corrected chi connectivity index (χ0v) is 9.71. The van der Waals surface area contributed by atoms with Crippen LogP contribution in [0.2, 0.25) is 0 Å². The number of nitrogens with zero attached hydrogens (tertiary/aromatic N) is 2. The highest BCUT2D eigenvalue weighted by Gasteiger charge is 2.24. The Morgan fingerprint density at radius 1 is 1.44 bits per heavy atom. The average molecular weight is 259 g/mol. The van der Waals surface area contributed by atoms with Crippen LogP contribution in [-0.2, 0) is 4.79 Å². The third-order valence-electron chi connectivity index (χ3n) is 2.55. The van der Waals surface area contributed by atoms with Crippen molar-refractivity contribution in [2.24, 2.45) is 0 Å². The first-order valence-electron chi connectivity index (χ1n) is 5.49. The number of hydrogen-bond donors (Lipinski definition) is 1. The Bertz CT molecular complexity index is 477. The zero-order valence-electron chi connectivity index (χ0n) is 9.71. The first-order valence-corrected chi connectivity index (χ1v) is 5.49. The van der Waals surface area contributed by atoms with Crippen molar-refractivity contribution in [3.05, 3.63) is 23.6 Å². The Hall–Kier alpha value is -1.79. The second-order valence-corrected chi connectivity index (χ2v) is 4.26. The Kier molecular flexibility index (Phi) is 3.40. The first kappa shape index (κ1) is 12.7. The van der Waals surface area contributed by atoms with Gasteiger partial charge in [-0.3, -0.25) is 4.79 Å². The lowest BCUT2D eigenvalue weighted by Gasteiger charge is -2.18. The molecule has 0 aromatic carbocycles. The van der Waals surface area contributed by atoms with Crippen LogP contribution in [0.1, 0.15) is 12.8 Å². The van der Waals surface area contributed by atoms with Gasteiger partial charge in [-0.05, 0) is 12.8 Å². The van der Waals surface area contributed by atoms with E-state index in [0.717, 1.165) is 17.7 Å². The largest absolute Gasteiger partial charge is 0.352 e. The monoisotopic (exact) mass is 259 g/mol. The molecule has 0 bridgehead atoms. The van der Waals surface area contributed by atoms with E-state index in [1.165, 1.54) is 7.05 Å². The van der Waals surface area contributed by atoms with Crippen LogP contribution in [0.3, 0.4) is 0 Å². The molecule has 1 aliphatic carbocycles. The van der Waals surface area contributed by atoms with Gasteiger partial charge in [0, 0.05) is 19.2 Å². The molecule has 2 rings (SSSR count). The van der Waals surface area contributed by atoms with Crippen LogP contribution < -0.4 is 10.2 Å². The number of carbonyl (C=O) groups excluding carboxylic acids is 1. The van der Waals surface area contributed by atoms with E-state index in [4.69, 9.17) is 0 Å². The molecule has 1 aromatic heterocycles. The third-order valence-corrected chi connectivity index (χ3v) is 2.55. The highest BCUT2D eigenvalue weighted by molar-refractivity contribution is 5.81. The Morgan fingerprint density at radius 3 is 2.72 bits per heavy atom. The minimum absolute atomic E-state index is 0.161. The highest BCUT2D eigenvalue weighted by atomic mass is 19.2. The second-order valence-electron chi connectivity index (χ2n) is 4.26. The molecule has 1 aromatic rings. The maximum Gasteiger partial charge on any atom is 0.251 e. The van der Waals surface area contributed by atoms with Crippen LogP contribution in [-0.4, -0.2) is 30.5 Å². The quantitative estimate of drug-likeness (QED) is 0.827. The number of pyridine rings is 1. The summed E-state index contributed by atoms with van der Waals surface area (Å²) < 4.78 is 39.0. The van der Waals surface area contributed by atoms with E-state index in [-0.39, 0.29) is 24.3 Å². The average Bonchev–Trinajstić information content (AvgIpc) is 3.06. The third kappa shape index (κ3) is 2.91.